The van der Waals surface area contributed by atoms with E-state index in [0.717, 1.165) is 29.7 Å². The van der Waals surface area contributed by atoms with Gasteiger partial charge in [-0.1, -0.05) is 29.8 Å². The van der Waals surface area contributed by atoms with Gasteiger partial charge in [0.1, 0.15) is 6.04 Å². The van der Waals surface area contributed by atoms with E-state index in [1.165, 1.54) is 4.90 Å². The van der Waals surface area contributed by atoms with Crippen LogP contribution in [0.5, 0.6) is 0 Å². The molecule has 2 fully saturated rings. The van der Waals surface area contributed by atoms with Gasteiger partial charge in [-0.25, -0.2) is 4.79 Å². The summed E-state index contributed by atoms with van der Waals surface area (Å²) >= 11 is 0. The van der Waals surface area contributed by atoms with Crippen molar-refractivity contribution >= 4 is 17.7 Å². The fourth-order valence-electron chi connectivity index (χ4n) is 4.39. The Kier molecular flexibility index (Phi) is 5.63. The first-order valence-electron chi connectivity index (χ1n) is 10.3. The number of aromatic nitrogens is 1. The number of aryl methyl sites for hydroxylation is 2. The van der Waals surface area contributed by atoms with Crippen LogP contribution in [0.2, 0.25) is 0 Å². The molecule has 7 heteroatoms. The summed E-state index contributed by atoms with van der Waals surface area (Å²) < 4.78 is 0. The number of carbonyl (C=O) groups is 3. The maximum Gasteiger partial charge on any atom is 0.327 e. The van der Waals surface area contributed by atoms with Crippen LogP contribution in [0, 0.1) is 13.8 Å². The second kappa shape index (κ2) is 8.36. The highest BCUT2D eigenvalue weighted by molar-refractivity contribution is 6.04. The average Bonchev–Trinajstić information content (AvgIpc) is 2.75. The van der Waals surface area contributed by atoms with Crippen LogP contribution in [-0.2, 0) is 11.3 Å². The maximum atomic E-state index is 13.3. The largest absolute Gasteiger partial charge is 0.327 e. The Hall–Kier alpha value is -3.06. The summed E-state index contributed by atoms with van der Waals surface area (Å²) in [5, 5.41) is 3.26. The number of piperidine rings is 1. The number of benzene rings is 1. The van der Waals surface area contributed by atoms with Crippen molar-refractivity contribution in [1.82, 2.24) is 20.1 Å². The van der Waals surface area contributed by atoms with Crippen LogP contribution in [-0.4, -0.2) is 57.7 Å². The number of amides is 3. The zero-order valence-electron chi connectivity index (χ0n) is 17.3. The summed E-state index contributed by atoms with van der Waals surface area (Å²) in [7, 11) is 0. The Morgan fingerprint density at radius 1 is 1.23 bits per heavy atom. The van der Waals surface area contributed by atoms with Crippen LogP contribution in [0.15, 0.2) is 42.7 Å². The number of nitrogens with one attached hydrogen (secondary N) is 1. The molecule has 2 aromatic rings. The number of urea groups is 1. The average molecular weight is 406 g/mol. The van der Waals surface area contributed by atoms with E-state index >= 15 is 0 Å². The summed E-state index contributed by atoms with van der Waals surface area (Å²) in [5.74, 6) is -0.343. The molecule has 2 aliphatic heterocycles. The number of carbonyl (C=O) groups excluding carboxylic acids is 3. The van der Waals surface area contributed by atoms with E-state index in [1.54, 1.807) is 23.4 Å². The molecule has 2 saturated heterocycles. The van der Waals surface area contributed by atoms with Crippen molar-refractivity contribution in [2.24, 2.45) is 0 Å². The molecule has 3 amide bonds. The summed E-state index contributed by atoms with van der Waals surface area (Å²) in [4.78, 5) is 46.4. The SMILES string of the molecule is Cc1ccc(C(=O)CN2C(=O)N(Cc3cccnc3)C(=O)C3NCCCC32)c(C)c1. The molecule has 0 radical (unpaired) electrons. The molecule has 2 aliphatic rings. The van der Waals surface area contributed by atoms with E-state index in [9.17, 15) is 14.4 Å². The van der Waals surface area contributed by atoms with E-state index in [1.807, 2.05) is 38.1 Å². The Morgan fingerprint density at radius 3 is 2.80 bits per heavy atom. The molecule has 3 heterocycles. The lowest BCUT2D eigenvalue weighted by atomic mass is 9.92. The molecule has 1 N–H and O–H groups in total. The molecular formula is C23H26N4O3. The predicted molar refractivity (Wildman–Crippen MR) is 112 cm³/mol. The number of rotatable bonds is 5. The number of Topliss-reactive ketones (excluding diaryl/α,β-unsaturated/α-hetero) is 1. The van der Waals surface area contributed by atoms with Gasteiger partial charge in [0, 0.05) is 18.0 Å². The van der Waals surface area contributed by atoms with Crippen molar-refractivity contribution in [1.29, 1.82) is 0 Å². The monoisotopic (exact) mass is 406 g/mol. The first-order chi connectivity index (χ1) is 14.5. The van der Waals surface area contributed by atoms with Crippen molar-refractivity contribution in [3.63, 3.8) is 0 Å². The summed E-state index contributed by atoms with van der Waals surface area (Å²) in [6.45, 7) is 4.71. The van der Waals surface area contributed by atoms with Crippen molar-refractivity contribution in [3.8, 4) is 0 Å². The van der Waals surface area contributed by atoms with Gasteiger partial charge in [-0.2, -0.15) is 0 Å². The first-order valence-corrected chi connectivity index (χ1v) is 10.3. The first kappa shape index (κ1) is 20.2. The van der Waals surface area contributed by atoms with Crippen LogP contribution in [0.25, 0.3) is 0 Å². The van der Waals surface area contributed by atoms with Crippen LogP contribution in [0.3, 0.4) is 0 Å². The molecule has 0 bridgehead atoms. The van der Waals surface area contributed by atoms with Crippen molar-refractivity contribution in [2.45, 2.75) is 45.3 Å². The van der Waals surface area contributed by atoms with E-state index in [2.05, 4.69) is 10.3 Å². The number of nitrogens with zero attached hydrogens (tertiary/aromatic N) is 3. The highest BCUT2D eigenvalue weighted by atomic mass is 16.2. The normalized spacial score (nSPS) is 21.5. The number of hydrogen-bond donors (Lipinski definition) is 1. The quantitative estimate of drug-likeness (QED) is 0.772. The number of fused-ring (bicyclic) bond motifs is 1. The van der Waals surface area contributed by atoms with Gasteiger partial charge in [-0.3, -0.25) is 19.5 Å². The minimum absolute atomic E-state index is 0.0393. The zero-order valence-corrected chi connectivity index (χ0v) is 17.3. The Balaban J connectivity index is 1.61. The van der Waals surface area contributed by atoms with Gasteiger partial charge in [-0.05, 0) is 50.4 Å². The molecule has 30 heavy (non-hydrogen) atoms. The van der Waals surface area contributed by atoms with Crippen molar-refractivity contribution in [2.75, 3.05) is 13.1 Å². The lowest BCUT2D eigenvalue weighted by molar-refractivity contribution is -0.137. The Morgan fingerprint density at radius 2 is 2.07 bits per heavy atom. The summed E-state index contributed by atoms with van der Waals surface area (Å²) in [6.07, 6.45) is 4.86. The van der Waals surface area contributed by atoms with Gasteiger partial charge in [0.25, 0.3) is 0 Å². The van der Waals surface area contributed by atoms with E-state index in [-0.39, 0.29) is 30.8 Å². The number of ketones is 1. The number of pyridine rings is 1. The number of imide groups is 1. The van der Waals surface area contributed by atoms with Gasteiger partial charge < -0.3 is 10.2 Å². The smallest absolute Gasteiger partial charge is 0.311 e. The van der Waals surface area contributed by atoms with Gasteiger partial charge in [0.15, 0.2) is 5.78 Å². The molecule has 4 rings (SSSR count). The highest BCUT2D eigenvalue weighted by Gasteiger charge is 2.47. The summed E-state index contributed by atoms with van der Waals surface area (Å²) in [5.41, 5.74) is 3.37. The van der Waals surface area contributed by atoms with Crippen molar-refractivity contribution < 1.29 is 14.4 Å². The molecule has 0 aliphatic carbocycles. The van der Waals surface area contributed by atoms with Crippen LogP contribution in [0.1, 0.15) is 39.9 Å². The third kappa shape index (κ3) is 3.85. The zero-order chi connectivity index (χ0) is 21.3. The topological polar surface area (TPSA) is 82.6 Å². The van der Waals surface area contributed by atoms with Crippen LogP contribution >= 0.6 is 0 Å². The van der Waals surface area contributed by atoms with Crippen LogP contribution in [0.4, 0.5) is 4.79 Å². The molecule has 2 unspecified atom stereocenters. The molecule has 1 aromatic heterocycles. The van der Waals surface area contributed by atoms with Gasteiger partial charge >= 0.3 is 6.03 Å². The van der Waals surface area contributed by atoms with Crippen LogP contribution < -0.4 is 5.32 Å². The lowest BCUT2D eigenvalue weighted by Gasteiger charge is -2.46. The fourth-order valence-corrected chi connectivity index (χ4v) is 4.39. The maximum absolute atomic E-state index is 13.3. The van der Waals surface area contributed by atoms with E-state index < -0.39 is 12.1 Å². The van der Waals surface area contributed by atoms with E-state index in [4.69, 9.17) is 0 Å². The lowest BCUT2D eigenvalue weighted by Crippen LogP contribution is -2.69. The molecule has 0 spiro atoms. The standard InChI is InChI=1S/C23H26N4O3/c1-15-7-8-18(16(2)11-15)20(28)14-26-19-6-4-10-25-21(19)22(29)27(23(26)30)13-17-5-3-9-24-12-17/h3,5,7-9,11-12,19,21,25H,4,6,10,13-14H2,1-2H3. The Bertz CT molecular complexity index is 976. The second-order valence-electron chi connectivity index (χ2n) is 8.08. The minimum Gasteiger partial charge on any atom is -0.311 e. The van der Waals surface area contributed by atoms with Gasteiger partial charge in [-0.15, -0.1) is 0 Å². The minimum atomic E-state index is -0.486. The number of hydrogen-bond acceptors (Lipinski definition) is 5. The van der Waals surface area contributed by atoms with E-state index in [0.29, 0.717) is 12.0 Å². The molecule has 156 valence electrons. The molecular weight excluding hydrogens is 380 g/mol. The Labute approximate surface area is 176 Å². The van der Waals surface area contributed by atoms with Gasteiger partial charge in [0.2, 0.25) is 5.91 Å². The molecule has 7 nitrogen and oxygen atoms in total. The van der Waals surface area contributed by atoms with Gasteiger partial charge in [0.05, 0.1) is 19.1 Å². The molecule has 2 atom stereocenters. The fraction of sp³-hybridized carbons (Fsp3) is 0.391. The van der Waals surface area contributed by atoms with Crippen molar-refractivity contribution in [3.05, 3.63) is 65.0 Å². The molecule has 1 aromatic carbocycles. The third-order valence-electron chi connectivity index (χ3n) is 5.89. The highest BCUT2D eigenvalue weighted by Crippen LogP contribution is 2.26. The predicted octanol–water partition coefficient (Wildman–Crippen LogP) is 2.47. The summed E-state index contributed by atoms with van der Waals surface area (Å²) in [6, 6.07) is 8.09. The third-order valence-corrected chi connectivity index (χ3v) is 5.89. The molecule has 0 saturated carbocycles. The second-order valence-corrected chi connectivity index (χ2v) is 8.08.